The third-order valence-electron chi connectivity index (χ3n) is 11.2. The van der Waals surface area contributed by atoms with Crippen LogP contribution in [-0.2, 0) is 28.4 Å². The van der Waals surface area contributed by atoms with E-state index >= 15 is 0 Å². The molecule has 3 aliphatic rings. The van der Waals surface area contributed by atoms with E-state index in [2.05, 4.69) is 20.2 Å². The van der Waals surface area contributed by atoms with Crippen LogP contribution in [0.15, 0.2) is 47.4 Å². The van der Waals surface area contributed by atoms with Gasteiger partial charge < -0.3 is 25.8 Å². The van der Waals surface area contributed by atoms with Crippen molar-refractivity contribution in [3.05, 3.63) is 69.8 Å². The van der Waals surface area contributed by atoms with Gasteiger partial charge in [-0.05, 0) is 55.9 Å². The predicted octanol–water partition coefficient (Wildman–Crippen LogP) is 4.81. The summed E-state index contributed by atoms with van der Waals surface area (Å²) in [6.07, 6.45) is -7.50. The smallest absolute Gasteiger partial charge is 0.398 e. The monoisotopic (exact) mass is 760 g/mol. The molecule has 4 aromatic rings. The molecule has 0 bridgehead atoms. The Kier molecular flexibility index (Phi) is 10.4. The minimum atomic E-state index is -5.18. The Morgan fingerprint density at radius 2 is 1.44 bits per heavy atom. The molecule has 2 aromatic carbocycles. The van der Waals surface area contributed by atoms with E-state index in [0.29, 0.717) is 61.9 Å². The quantitative estimate of drug-likeness (QED) is 0.182. The summed E-state index contributed by atoms with van der Waals surface area (Å²) < 4.78 is 85.2. The second-order valence-electron chi connectivity index (χ2n) is 14.5. The molecule has 2 aromatic heterocycles. The van der Waals surface area contributed by atoms with Gasteiger partial charge in [-0.3, -0.25) is 24.0 Å². The number of anilines is 1. The van der Waals surface area contributed by atoms with Crippen LogP contribution in [0.3, 0.4) is 0 Å². The Morgan fingerprint density at radius 1 is 0.852 bits per heavy atom. The predicted molar refractivity (Wildman–Crippen MR) is 189 cm³/mol. The number of alkyl halides is 6. The number of carbonyl (C=O) groups is 2. The van der Waals surface area contributed by atoms with Crippen LogP contribution in [0.1, 0.15) is 54.8 Å². The highest BCUT2D eigenvalue weighted by atomic mass is 19.4. The zero-order chi connectivity index (χ0) is 38.4. The van der Waals surface area contributed by atoms with Crippen molar-refractivity contribution in [3.63, 3.8) is 0 Å². The summed E-state index contributed by atoms with van der Waals surface area (Å²) in [5.41, 5.74) is 2.00. The number of benzene rings is 2. The number of carbonyl (C=O) groups excluding carboxylic acids is 2. The first kappa shape index (κ1) is 37.7. The molecule has 1 atom stereocenters. The summed E-state index contributed by atoms with van der Waals surface area (Å²) in [6.45, 7) is 4.64. The number of aromatic nitrogens is 3. The molecule has 11 nitrogen and oxygen atoms in total. The molecule has 54 heavy (non-hydrogen) atoms. The van der Waals surface area contributed by atoms with Crippen LogP contribution in [-0.4, -0.2) is 99.4 Å². The fraction of sp³-hybridized carbons (Fsp3) is 0.514. The zero-order valence-corrected chi connectivity index (χ0v) is 29.5. The van der Waals surface area contributed by atoms with Gasteiger partial charge in [0.05, 0.1) is 45.5 Å². The van der Waals surface area contributed by atoms with Gasteiger partial charge in [0, 0.05) is 76.2 Å². The van der Waals surface area contributed by atoms with Crippen molar-refractivity contribution in [2.75, 3.05) is 58.1 Å². The number of hydrogen-bond donors (Lipinski definition) is 3. The van der Waals surface area contributed by atoms with Gasteiger partial charge in [-0.15, -0.1) is 0 Å². The molecule has 17 heteroatoms. The zero-order valence-electron chi connectivity index (χ0n) is 29.5. The second kappa shape index (κ2) is 14.9. The summed E-state index contributed by atoms with van der Waals surface area (Å²) in [4.78, 5) is 54.0. The topological polar surface area (TPSA) is 133 Å². The maximum Gasteiger partial charge on any atom is 0.418 e. The van der Waals surface area contributed by atoms with Gasteiger partial charge in [0.15, 0.2) is 0 Å². The number of imidazole rings is 1. The number of nitrogen functional groups attached to an aromatic ring is 1. The lowest BCUT2D eigenvalue weighted by Gasteiger charge is -2.41. The summed E-state index contributed by atoms with van der Waals surface area (Å²) >= 11 is 0. The van der Waals surface area contributed by atoms with Crippen LogP contribution in [0.25, 0.3) is 21.9 Å². The fourth-order valence-electron chi connectivity index (χ4n) is 8.39. The van der Waals surface area contributed by atoms with Crippen molar-refractivity contribution in [1.29, 1.82) is 0 Å². The van der Waals surface area contributed by atoms with Gasteiger partial charge in [-0.1, -0.05) is 18.2 Å². The summed E-state index contributed by atoms with van der Waals surface area (Å²) in [6, 6.07) is 8.52. The molecule has 0 spiro atoms. The van der Waals surface area contributed by atoms with Crippen LogP contribution in [0.4, 0.5) is 32.0 Å². The molecule has 3 fully saturated rings. The molecule has 7 rings (SSSR count). The van der Waals surface area contributed by atoms with E-state index in [9.17, 15) is 40.7 Å². The summed E-state index contributed by atoms with van der Waals surface area (Å²) in [5.74, 6) is -2.14. The number of nitrogens with zero attached hydrogens (tertiary/aromatic N) is 5. The lowest BCUT2D eigenvalue weighted by molar-refractivity contribution is -0.143. The van der Waals surface area contributed by atoms with Crippen molar-refractivity contribution in [1.82, 2.24) is 34.6 Å². The molecular formula is C37H42F6N8O3. The number of rotatable bonds is 7. The number of pyridine rings is 1. The number of para-hydroxylation sites is 1. The van der Waals surface area contributed by atoms with Crippen LogP contribution in [0.2, 0.25) is 0 Å². The molecule has 1 unspecified atom stereocenters. The lowest BCUT2D eigenvalue weighted by Crippen LogP contribution is -2.53. The molecule has 3 aliphatic heterocycles. The van der Waals surface area contributed by atoms with E-state index < -0.39 is 59.7 Å². The SMILES string of the molecule is Nc1c(C(F)(F)F)cc(CC(CC(=O)N2CCC(n3c(=O)[nH]c4c5ccccc5ncc43)CC2)C(=O)N2CCC(N3CCNCC3)CC2)cc1C(F)(F)F. The minimum Gasteiger partial charge on any atom is -0.398 e. The van der Waals surface area contributed by atoms with E-state index in [0.717, 1.165) is 37.1 Å². The van der Waals surface area contributed by atoms with Crippen molar-refractivity contribution in [2.45, 2.75) is 63.0 Å². The lowest BCUT2D eigenvalue weighted by atomic mass is 9.90. The van der Waals surface area contributed by atoms with Crippen LogP contribution in [0, 0.1) is 5.92 Å². The third-order valence-corrected chi connectivity index (χ3v) is 11.2. The van der Waals surface area contributed by atoms with E-state index in [1.807, 2.05) is 24.3 Å². The average Bonchev–Trinajstić information content (AvgIpc) is 3.50. The maximum atomic E-state index is 14.1. The van der Waals surface area contributed by atoms with Gasteiger partial charge in [0.1, 0.15) is 0 Å². The minimum absolute atomic E-state index is 0.235. The fourth-order valence-corrected chi connectivity index (χ4v) is 8.39. The Bertz CT molecular complexity index is 2040. The highest BCUT2D eigenvalue weighted by Gasteiger charge is 2.42. The standard InChI is InChI=1S/C37H42F6N8O3/c38-36(39,40)27-18-22(19-28(32(27)44)37(41,42)43)17-23(34(53)50-13-5-24(6-14-50)48-15-9-45-10-16-48)20-31(52)49-11-7-25(8-12-49)51-30-21-46-29-4-2-1-3-26(29)33(30)47-35(51)54/h1-4,18-19,21,23-25,45H,5-17,20,44H2,(H,47,54). The molecule has 3 saturated heterocycles. The number of piperazine rings is 1. The molecule has 5 heterocycles. The van der Waals surface area contributed by atoms with E-state index in [1.54, 1.807) is 20.6 Å². The number of halogens is 6. The second-order valence-corrected chi connectivity index (χ2v) is 14.5. The van der Waals surface area contributed by atoms with Gasteiger partial charge in [0.25, 0.3) is 0 Å². The number of H-pyrrole nitrogens is 1. The maximum absolute atomic E-state index is 14.1. The Labute approximate surface area is 306 Å². The number of aromatic amines is 1. The first-order chi connectivity index (χ1) is 25.7. The van der Waals surface area contributed by atoms with Gasteiger partial charge >= 0.3 is 18.0 Å². The number of fused-ring (bicyclic) bond motifs is 3. The summed E-state index contributed by atoms with van der Waals surface area (Å²) in [5, 5.41) is 4.11. The highest BCUT2D eigenvalue weighted by molar-refractivity contribution is 6.01. The number of hydrogen-bond acceptors (Lipinski definition) is 7. The Hall–Kier alpha value is -4.64. The van der Waals surface area contributed by atoms with Gasteiger partial charge in [-0.2, -0.15) is 26.3 Å². The molecule has 0 saturated carbocycles. The Balaban J connectivity index is 1.10. The Morgan fingerprint density at radius 3 is 2.07 bits per heavy atom. The number of nitrogens with one attached hydrogen (secondary N) is 2. The molecule has 2 amide bonds. The molecule has 0 aliphatic carbocycles. The normalized spacial score (nSPS) is 19.1. The van der Waals surface area contributed by atoms with Crippen molar-refractivity contribution in [2.24, 2.45) is 5.92 Å². The largest absolute Gasteiger partial charge is 0.418 e. The van der Waals surface area contributed by atoms with Gasteiger partial charge in [0.2, 0.25) is 11.8 Å². The molecular weight excluding hydrogens is 718 g/mol. The van der Waals surface area contributed by atoms with E-state index in [4.69, 9.17) is 5.73 Å². The highest BCUT2D eigenvalue weighted by Crippen LogP contribution is 2.42. The molecule has 0 radical (unpaired) electrons. The van der Waals surface area contributed by atoms with Crippen LogP contribution < -0.4 is 16.7 Å². The van der Waals surface area contributed by atoms with Crippen LogP contribution in [0.5, 0.6) is 0 Å². The number of nitrogens with two attached hydrogens (primary N) is 1. The number of likely N-dealkylation sites (tertiary alicyclic amines) is 2. The molecule has 290 valence electrons. The summed E-state index contributed by atoms with van der Waals surface area (Å²) in [7, 11) is 0. The van der Waals surface area contributed by atoms with Crippen LogP contribution >= 0.6 is 0 Å². The van der Waals surface area contributed by atoms with Crippen molar-refractivity contribution in [3.8, 4) is 0 Å². The number of amides is 2. The average molecular weight is 761 g/mol. The molecule has 4 N–H and O–H groups in total. The van der Waals surface area contributed by atoms with Crippen molar-refractivity contribution >= 4 is 39.4 Å². The first-order valence-corrected chi connectivity index (χ1v) is 18.2. The van der Waals surface area contributed by atoms with E-state index in [1.165, 1.54) is 0 Å². The van der Waals surface area contributed by atoms with Gasteiger partial charge in [-0.25, -0.2) is 4.79 Å². The number of piperidine rings is 2. The first-order valence-electron chi connectivity index (χ1n) is 18.2. The van der Waals surface area contributed by atoms with E-state index in [-0.39, 0.29) is 36.4 Å². The van der Waals surface area contributed by atoms with Crippen molar-refractivity contribution < 1.29 is 35.9 Å². The third kappa shape index (κ3) is 7.65.